The van der Waals surface area contributed by atoms with Gasteiger partial charge in [-0.3, -0.25) is 14.4 Å². The van der Waals surface area contributed by atoms with Gasteiger partial charge in [0.15, 0.2) is 23.1 Å². The van der Waals surface area contributed by atoms with Crippen LogP contribution < -0.4 is 19.7 Å². The molecule has 1 fully saturated rings. The molecule has 0 aliphatic carbocycles. The topological polar surface area (TPSA) is 84.9 Å². The van der Waals surface area contributed by atoms with Crippen LogP contribution in [0.15, 0.2) is 95.5 Å². The molecular weight excluding hydrogens is 632 g/mol. The zero-order valence-corrected chi connectivity index (χ0v) is 24.8. The Hall–Kier alpha value is -4.40. The number of nitrogens with one attached hydrogen (secondary N) is 1. The van der Waals surface area contributed by atoms with Crippen molar-refractivity contribution in [2.75, 3.05) is 17.0 Å². The highest BCUT2D eigenvalue weighted by molar-refractivity contribution is 9.10. The molecule has 8 rings (SSSR count). The number of anilines is 2. The molecular formula is C34H22BrClN2O5. The highest BCUT2D eigenvalue weighted by Gasteiger charge is 2.71. The summed E-state index contributed by atoms with van der Waals surface area (Å²) in [7, 11) is 0. The Morgan fingerprint density at radius 3 is 2.51 bits per heavy atom. The van der Waals surface area contributed by atoms with Gasteiger partial charge in [0, 0.05) is 32.0 Å². The average molecular weight is 654 g/mol. The minimum absolute atomic E-state index is 0.0678. The molecule has 4 aromatic carbocycles. The number of nitrogens with zero attached hydrogens (tertiary/aromatic N) is 1. The Balaban J connectivity index is 1.41. The molecule has 0 bridgehead atoms. The van der Waals surface area contributed by atoms with Crippen LogP contribution in [-0.4, -0.2) is 36.4 Å². The van der Waals surface area contributed by atoms with Gasteiger partial charge in [-0.2, -0.15) is 0 Å². The molecule has 43 heavy (non-hydrogen) atoms. The quantitative estimate of drug-likeness (QED) is 0.247. The average Bonchev–Trinajstić information content (AvgIpc) is 3.69. The van der Waals surface area contributed by atoms with Crippen LogP contribution in [0.2, 0.25) is 5.02 Å². The molecule has 9 heteroatoms. The number of rotatable bonds is 4. The predicted octanol–water partition coefficient (Wildman–Crippen LogP) is 6.69. The van der Waals surface area contributed by atoms with Crippen LogP contribution in [0, 0.1) is 5.92 Å². The fourth-order valence-electron chi connectivity index (χ4n) is 7.17. The third kappa shape index (κ3) is 3.69. The number of carbonyl (C=O) groups is 3. The van der Waals surface area contributed by atoms with E-state index in [9.17, 15) is 14.4 Å². The van der Waals surface area contributed by atoms with E-state index in [-0.39, 0.29) is 24.3 Å². The van der Waals surface area contributed by atoms with Crippen molar-refractivity contribution in [1.82, 2.24) is 0 Å². The van der Waals surface area contributed by atoms with Crippen molar-refractivity contribution in [2.45, 2.75) is 17.5 Å². The van der Waals surface area contributed by atoms with E-state index in [0.29, 0.717) is 38.9 Å². The fraction of sp³-hybridized carbons (Fsp3) is 0.147. The van der Waals surface area contributed by atoms with Crippen LogP contribution in [0.4, 0.5) is 11.4 Å². The largest absolute Gasteiger partial charge is 0.454 e. The number of ketones is 2. The minimum Gasteiger partial charge on any atom is -0.454 e. The summed E-state index contributed by atoms with van der Waals surface area (Å²) < 4.78 is 11.9. The van der Waals surface area contributed by atoms with Crippen molar-refractivity contribution in [3.05, 3.63) is 123 Å². The molecule has 0 saturated carbocycles. The second-order valence-electron chi connectivity index (χ2n) is 11.0. The van der Waals surface area contributed by atoms with Gasteiger partial charge in [-0.15, -0.1) is 0 Å². The first-order chi connectivity index (χ1) is 20.9. The number of fused-ring (bicyclic) bond motifs is 6. The molecule has 1 amide bonds. The summed E-state index contributed by atoms with van der Waals surface area (Å²) in [5, 5.41) is 3.57. The van der Waals surface area contributed by atoms with Crippen molar-refractivity contribution in [3.63, 3.8) is 0 Å². The van der Waals surface area contributed by atoms with E-state index in [4.69, 9.17) is 21.1 Å². The lowest BCUT2D eigenvalue weighted by atomic mass is 9.63. The van der Waals surface area contributed by atoms with E-state index < -0.39 is 23.4 Å². The van der Waals surface area contributed by atoms with Crippen LogP contribution in [-0.2, 0) is 10.2 Å². The number of benzene rings is 4. The smallest absolute Gasteiger partial charge is 0.238 e. The number of amides is 1. The Morgan fingerprint density at radius 2 is 1.67 bits per heavy atom. The standard InChI is InChI=1S/C34H22BrClN2O5/c35-21-9-5-18(6-10-21)31(40)32-34(23-3-1-2-4-24(23)37-33(34)41)29(30(39)20-8-14-27-28(16-20)43-17-42-27)26-12-7-19-15-22(36)11-13-25(19)38(26)32/h1-16,26,29,32H,17H2,(H,37,41)/t26-,29-,32+,34+/m1/s1. The van der Waals surface area contributed by atoms with E-state index in [2.05, 4.69) is 21.2 Å². The number of Topliss-reactive ketones (excluding diaryl/α,β-unsaturated/α-hetero) is 2. The van der Waals surface area contributed by atoms with Crippen LogP contribution in [0.1, 0.15) is 31.8 Å². The minimum atomic E-state index is -1.55. The summed E-state index contributed by atoms with van der Waals surface area (Å²) in [6, 6.07) is 23.2. The molecule has 4 atom stereocenters. The monoisotopic (exact) mass is 652 g/mol. The van der Waals surface area contributed by atoms with Crippen molar-refractivity contribution in [3.8, 4) is 11.5 Å². The molecule has 4 aliphatic rings. The number of halogens is 2. The zero-order chi connectivity index (χ0) is 29.5. The normalized spacial score (nSPS) is 24.0. The van der Waals surface area contributed by atoms with Gasteiger partial charge in [0.25, 0.3) is 0 Å². The van der Waals surface area contributed by atoms with Crippen LogP contribution >= 0.6 is 27.5 Å². The molecule has 0 radical (unpaired) electrons. The van der Waals surface area contributed by atoms with Crippen LogP contribution in [0.5, 0.6) is 11.5 Å². The van der Waals surface area contributed by atoms with Gasteiger partial charge in [-0.1, -0.05) is 70.0 Å². The van der Waals surface area contributed by atoms with Gasteiger partial charge in [-0.05, 0) is 65.7 Å². The maximum atomic E-state index is 14.9. The van der Waals surface area contributed by atoms with E-state index in [1.54, 1.807) is 48.5 Å². The van der Waals surface area contributed by atoms with Crippen LogP contribution in [0.3, 0.4) is 0 Å². The number of ether oxygens (including phenoxy) is 2. The maximum absolute atomic E-state index is 14.9. The van der Waals surface area contributed by atoms with Crippen molar-refractivity contribution < 1.29 is 23.9 Å². The first-order valence-corrected chi connectivity index (χ1v) is 15.0. The van der Waals surface area contributed by atoms with E-state index in [0.717, 1.165) is 15.7 Å². The zero-order valence-electron chi connectivity index (χ0n) is 22.4. The van der Waals surface area contributed by atoms with Crippen LogP contribution in [0.25, 0.3) is 6.08 Å². The third-order valence-electron chi connectivity index (χ3n) is 8.92. The molecule has 4 aromatic rings. The van der Waals surface area contributed by atoms with Gasteiger partial charge >= 0.3 is 0 Å². The van der Waals surface area contributed by atoms with Gasteiger partial charge in [0.2, 0.25) is 12.7 Å². The number of hydrogen-bond donors (Lipinski definition) is 1. The number of carbonyl (C=O) groups excluding carboxylic acids is 3. The summed E-state index contributed by atoms with van der Waals surface area (Å²) >= 11 is 9.84. The van der Waals surface area contributed by atoms with E-state index in [1.165, 1.54) is 0 Å². The van der Waals surface area contributed by atoms with Gasteiger partial charge < -0.3 is 19.7 Å². The third-order valence-corrected chi connectivity index (χ3v) is 9.68. The molecule has 7 nitrogen and oxygen atoms in total. The van der Waals surface area contributed by atoms with Gasteiger partial charge in [0.1, 0.15) is 11.5 Å². The van der Waals surface area contributed by atoms with Crippen molar-refractivity contribution in [2.24, 2.45) is 5.92 Å². The van der Waals surface area contributed by atoms with E-state index in [1.807, 2.05) is 53.5 Å². The SMILES string of the molecule is O=C(c1ccc(Br)cc1)[C@@H]1N2c3ccc(Cl)cc3C=C[C@@H]2[C@H](C(=O)c2ccc3c(c2)OCO3)[C@]12C(=O)Nc1ccccc12. The molecule has 4 heterocycles. The summed E-state index contributed by atoms with van der Waals surface area (Å²) in [5.74, 6) is -0.861. The number of para-hydroxylation sites is 1. The van der Waals surface area contributed by atoms with Gasteiger partial charge in [0.05, 0.1) is 12.0 Å². The molecule has 0 aromatic heterocycles. The summed E-state index contributed by atoms with van der Waals surface area (Å²) in [4.78, 5) is 46.2. The second kappa shape index (κ2) is 9.56. The Labute approximate surface area is 260 Å². The lowest BCUT2D eigenvalue weighted by molar-refractivity contribution is -0.121. The Morgan fingerprint density at radius 1 is 0.907 bits per heavy atom. The molecule has 4 aliphatic heterocycles. The first-order valence-electron chi connectivity index (χ1n) is 13.8. The van der Waals surface area contributed by atoms with Crippen molar-refractivity contribution >= 4 is 62.5 Å². The number of hydrogen-bond acceptors (Lipinski definition) is 6. The summed E-state index contributed by atoms with van der Waals surface area (Å²) in [6.07, 6.45) is 3.83. The first kappa shape index (κ1) is 26.2. The Kier molecular flexibility index (Phi) is 5.83. The summed E-state index contributed by atoms with van der Waals surface area (Å²) in [6.45, 7) is 0.0678. The highest BCUT2D eigenvalue weighted by Crippen LogP contribution is 2.58. The van der Waals surface area contributed by atoms with Crippen molar-refractivity contribution in [1.29, 1.82) is 0 Å². The van der Waals surface area contributed by atoms with Gasteiger partial charge in [-0.25, -0.2) is 0 Å². The second-order valence-corrected chi connectivity index (χ2v) is 12.4. The maximum Gasteiger partial charge on any atom is 0.238 e. The highest BCUT2D eigenvalue weighted by atomic mass is 79.9. The lowest BCUT2D eigenvalue weighted by Crippen LogP contribution is -2.55. The lowest BCUT2D eigenvalue weighted by Gasteiger charge is -2.37. The molecule has 1 spiro atoms. The molecule has 0 unspecified atom stereocenters. The summed E-state index contributed by atoms with van der Waals surface area (Å²) in [5.41, 5.74) is 1.99. The molecule has 212 valence electrons. The molecule has 1 saturated heterocycles. The molecule has 1 N–H and O–H groups in total. The predicted molar refractivity (Wildman–Crippen MR) is 166 cm³/mol. The Bertz CT molecular complexity index is 1910. The fourth-order valence-corrected chi connectivity index (χ4v) is 7.61. The van der Waals surface area contributed by atoms with E-state index >= 15 is 0 Å².